The monoisotopic (exact) mass is 360 g/mol. The zero-order valence-electron chi connectivity index (χ0n) is 9.93. The van der Waals surface area contributed by atoms with Gasteiger partial charge < -0.3 is 4.18 Å². The SMILES string of the molecule is Cc1cc(OS(=O)(=O)c2ccccc2Br)ccc1Cl. The molecule has 100 valence electrons. The third-order valence-electron chi connectivity index (χ3n) is 2.44. The van der Waals surface area contributed by atoms with E-state index in [2.05, 4.69) is 15.9 Å². The minimum atomic E-state index is -3.86. The Kier molecular flexibility index (Phi) is 4.18. The first-order valence-electron chi connectivity index (χ1n) is 5.35. The van der Waals surface area contributed by atoms with Gasteiger partial charge in [0, 0.05) is 9.50 Å². The Morgan fingerprint density at radius 3 is 2.47 bits per heavy atom. The molecular formula is C13H10BrClO3S. The van der Waals surface area contributed by atoms with Crippen LogP contribution in [0.2, 0.25) is 5.02 Å². The second-order valence-electron chi connectivity index (χ2n) is 3.88. The molecule has 19 heavy (non-hydrogen) atoms. The van der Waals surface area contributed by atoms with Crippen molar-refractivity contribution in [2.45, 2.75) is 11.8 Å². The predicted molar refractivity (Wildman–Crippen MR) is 78.1 cm³/mol. The molecule has 0 amide bonds. The molecule has 0 aliphatic rings. The summed E-state index contributed by atoms with van der Waals surface area (Å²) in [6, 6.07) is 11.2. The number of hydrogen-bond acceptors (Lipinski definition) is 3. The van der Waals surface area contributed by atoms with Gasteiger partial charge in [-0.15, -0.1) is 0 Å². The summed E-state index contributed by atoms with van der Waals surface area (Å²) in [7, 11) is -3.86. The molecular weight excluding hydrogens is 352 g/mol. The molecule has 0 unspecified atom stereocenters. The van der Waals surface area contributed by atoms with Crippen molar-refractivity contribution < 1.29 is 12.6 Å². The van der Waals surface area contributed by atoms with E-state index in [1.54, 1.807) is 37.3 Å². The van der Waals surface area contributed by atoms with Crippen LogP contribution in [-0.2, 0) is 10.1 Å². The van der Waals surface area contributed by atoms with Gasteiger partial charge in [0.15, 0.2) is 0 Å². The first kappa shape index (κ1) is 14.4. The van der Waals surface area contributed by atoms with Crippen LogP contribution in [0.1, 0.15) is 5.56 Å². The molecule has 0 radical (unpaired) electrons. The lowest BCUT2D eigenvalue weighted by atomic mass is 10.2. The highest BCUT2D eigenvalue weighted by atomic mass is 79.9. The van der Waals surface area contributed by atoms with Crippen molar-refractivity contribution in [3.05, 3.63) is 57.5 Å². The summed E-state index contributed by atoms with van der Waals surface area (Å²) in [4.78, 5) is 0.0857. The van der Waals surface area contributed by atoms with Crippen LogP contribution in [0.3, 0.4) is 0 Å². The van der Waals surface area contributed by atoms with Crippen LogP contribution >= 0.6 is 27.5 Å². The van der Waals surface area contributed by atoms with Gasteiger partial charge in [0.05, 0.1) is 0 Å². The van der Waals surface area contributed by atoms with Gasteiger partial charge in [-0.1, -0.05) is 23.7 Å². The van der Waals surface area contributed by atoms with Gasteiger partial charge in [-0.25, -0.2) is 0 Å². The summed E-state index contributed by atoms with van der Waals surface area (Å²) >= 11 is 9.07. The Hall–Kier alpha value is -1.04. The van der Waals surface area contributed by atoms with Gasteiger partial charge in [-0.05, 0) is 58.7 Å². The van der Waals surface area contributed by atoms with Crippen molar-refractivity contribution in [2.24, 2.45) is 0 Å². The lowest BCUT2D eigenvalue weighted by molar-refractivity contribution is 0.485. The third kappa shape index (κ3) is 3.29. The fraction of sp³-hybridized carbons (Fsp3) is 0.0769. The average Bonchev–Trinajstić information content (AvgIpc) is 2.34. The van der Waals surface area contributed by atoms with E-state index in [0.717, 1.165) is 5.56 Å². The highest BCUT2D eigenvalue weighted by molar-refractivity contribution is 9.10. The van der Waals surface area contributed by atoms with Crippen molar-refractivity contribution >= 4 is 37.6 Å². The largest absolute Gasteiger partial charge is 0.379 e. The highest BCUT2D eigenvalue weighted by Gasteiger charge is 2.19. The predicted octanol–water partition coefficient (Wildman–Crippen LogP) is 4.18. The van der Waals surface area contributed by atoms with Crippen LogP contribution in [-0.4, -0.2) is 8.42 Å². The second-order valence-corrected chi connectivity index (χ2v) is 6.66. The summed E-state index contributed by atoms with van der Waals surface area (Å²) < 4.78 is 29.8. The van der Waals surface area contributed by atoms with Gasteiger partial charge in [-0.3, -0.25) is 0 Å². The summed E-state index contributed by atoms with van der Waals surface area (Å²) in [5.41, 5.74) is 0.751. The minimum absolute atomic E-state index is 0.0857. The molecule has 0 heterocycles. The Balaban J connectivity index is 2.37. The lowest BCUT2D eigenvalue weighted by Gasteiger charge is -2.09. The fourth-order valence-corrected chi connectivity index (χ4v) is 3.48. The maximum absolute atomic E-state index is 12.1. The Labute approximate surface area is 125 Å². The van der Waals surface area contributed by atoms with E-state index < -0.39 is 10.1 Å². The molecule has 0 saturated heterocycles. The molecule has 0 saturated carbocycles. The third-order valence-corrected chi connectivity index (χ3v) is 5.13. The Morgan fingerprint density at radius 1 is 1.16 bits per heavy atom. The lowest BCUT2D eigenvalue weighted by Crippen LogP contribution is -2.10. The summed E-state index contributed by atoms with van der Waals surface area (Å²) in [6.45, 7) is 1.78. The first-order valence-corrected chi connectivity index (χ1v) is 7.93. The van der Waals surface area contributed by atoms with Crippen LogP contribution in [0, 0.1) is 6.92 Å². The van der Waals surface area contributed by atoms with E-state index in [0.29, 0.717) is 9.50 Å². The van der Waals surface area contributed by atoms with Gasteiger partial charge >= 0.3 is 10.1 Å². The number of aryl methyl sites for hydroxylation is 1. The average molecular weight is 362 g/mol. The summed E-state index contributed by atoms with van der Waals surface area (Å²) in [5.74, 6) is 0.234. The van der Waals surface area contributed by atoms with Crippen LogP contribution in [0.4, 0.5) is 0 Å². The van der Waals surface area contributed by atoms with Gasteiger partial charge in [-0.2, -0.15) is 8.42 Å². The molecule has 2 aromatic rings. The molecule has 0 bridgehead atoms. The molecule has 0 aliphatic carbocycles. The van der Waals surface area contributed by atoms with Crippen LogP contribution in [0.25, 0.3) is 0 Å². The van der Waals surface area contributed by atoms with Crippen LogP contribution in [0.5, 0.6) is 5.75 Å². The van der Waals surface area contributed by atoms with Crippen molar-refractivity contribution in [3.63, 3.8) is 0 Å². The van der Waals surface area contributed by atoms with Crippen LogP contribution < -0.4 is 4.18 Å². The van der Waals surface area contributed by atoms with E-state index in [4.69, 9.17) is 15.8 Å². The normalized spacial score (nSPS) is 11.3. The number of halogens is 2. The van der Waals surface area contributed by atoms with Crippen LogP contribution in [0.15, 0.2) is 51.8 Å². The van der Waals surface area contributed by atoms with Crippen molar-refractivity contribution in [3.8, 4) is 5.75 Å². The number of benzene rings is 2. The summed E-state index contributed by atoms with van der Waals surface area (Å²) in [6.07, 6.45) is 0. The molecule has 0 N–H and O–H groups in total. The van der Waals surface area contributed by atoms with Crippen molar-refractivity contribution in [1.82, 2.24) is 0 Å². The maximum atomic E-state index is 12.1. The smallest absolute Gasteiger partial charge is 0.340 e. The number of rotatable bonds is 3. The quantitative estimate of drug-likeness (QED) is 0.770. The zero-order valence-corrected chi connectivity index (χ0v) is 13.1. The molecule has 0 atom stereocenters. The molecule has 0 aliphatic heterocycles. The van der Waals surface area contributed by atoms with Crippen molar-refractivity contribution in [1.29, 1.82) is 0 Å². The van der Waals surface area contributed by atoms with E-state index in [-0.39, 0.29) is 10.6 Å². The molecule has 6 heteroatoms. The maximum Gasteiger partial charge on any atom is 0.340 e. The van der Waals surface area contributed by atoms with E-state index in [1.807, 2.05) is 0 Å². The second kappa shape index (κ2) is 5.53. The minimum Gasteiger partial charge on any atom is -0.379 e. The van der Waals surface area contributed by atoms with Crippen molar-refractivity contribution in [2.75, 3.05) is 0 Å². The highest BCUT2D eigenvalue weighted by Crippen LogP contribution is 2.27. The van der Waals surface area contributed by atoms with Gasteiger partial charge in [0.2, 0.25) is 0 Å². The molecule has 3 nitrogen and oxygen atoms in total. The topological polar surface area (TPSA) is 43.4 Å². The Bertz CT molecular complexity index is 714. The first-order chi connectivity index (χ1) is 8.90. The standard InChI is InChI=1S/C13H10BrClO3S/c1-9-8-10(6-7-12(9)15)18-19(16,17)13-5-3-2-4-11(13)14/h2-8H,1H3. The molecule has 2 aromatic carbocycles. The summed E-state index contributed by atoms with van der Waals surface area (Å²) in [5, 5.41) is 0.561. The van der Waals surface area contributed by atoms with Gasteiger partial charge in [0.1, 0.15) is 10.6 Å². The molecule has 0 spiro atoms. The Morgan fingerprint density at radius 2 is 1.84 bits per heavy atom. The van der Waals surface area contributed by atoms with E-state index in [1.165, 1.54) is 12.1 Å². The molecule has 0 aromatic heterocycles. The zero-order chi connectivity index (χ0) is 14.0. The van der Waals surface area contributed by atoms with E-state index in [9.17, 15) is 8.42 Å². The number of hydrogen-bond donors (Lipinski definition) is 0. The van der Waals surface area contributed by atoms with E-state index >= 15 is 0 Å². The van der Waals surface area contributed by atoms with Gasteiger partial charge in [0.25, 0.3) is 0 Å². The fourth-order valence-electron chi connectivity index (χ4n) is 1.49. The molecule has 0 fully saturated rings. The molecule has 2 rings (SSSR count).